The Morgan fingerprint density at radius 2 is 1.67 bits per heavy atom. The maximum atomic E-state index is 12.5. The highest BCUT2D eigenvalue weighted by molar-refractivity contribution is 5.98. The molecular weight excluding hydrogens is 412 g/mol. The van der Waals surface area contributed by atoms with Gasteiger partial charge in [-0.1, -0.05) is 39.0 Å². The van der Waals surface area contributed by atoms with E-state index in [1.165, 1.54) is 11.3 Å². The summed E-state index contributed by atoms with van der Waals surface area (Å²) in [4.78, 5) is 29.6. The maximum Gasteiger partial charge on any atom is 0.251 e. The fourth-order valence-electron chi connectivity index (χ4n) is 3.88. The summed E-state index contributed by atoms with van der Waals surface area (Å²) < 4.78 is 0. The maximum absolute atomic E-state index is 12.5. The van der Waals surface area contributed by atoms with Crippen LogP contribution in [0, 0.1) is 12.3 Å². The van der Waals surface area contributed by atoms with E-state index in [2.05, 4.69) is 51.6 Å². The number of nitrogens with zero attached hydrogens (tertiary/aromatic N) is 2. The number of hydrogen-bond donors (Lipinski definition) is 2. The molecular formula is C27H38N4O2. The molecule has 178 valence electrons. The summed E-state index contributed by atoms with van der Waals surface area (Å²) >= 11 is 0. The van der Waals surface area contributed by atoms with Crippen LogP contribution in [0.2, 0.25) is 0 Å². The highest BCUT2D eigenvalue weighted by atomic mass is 16.2. The summed E-state index contributed by atoms with van der Waals surface area (Å²) in [5.74, 6) is -0.173. The van der Waals surface area contributed by atoms with Gasteiger partial charge in [-0.15, -0.1) is 0 Å². The van der Waals surface area contributed by atoms with Crippen LogP contribution in [-0.2, 0) is 4.79 Å². The van der Waals surface area contributed by atoms with Crippen molar-refractivity contribution >= 4 is 23.2 Å². The van der Waals surface area contributed by atoms with Crippen LogP contribution in [0.25, 0.3) is 0 Å². The number of aryl methyl sites for hydroxylation is 1. The lowest BCUT2D eigenvalue weighted by atomic mass is 9.95. The van der Waals surface area contributed by atoms with Gasteiger partial charge >= 0.3 is 0 Å². The van der Waals surface area contributed by atoms with Gasteiger partial charge < -0.3 is 15.5 Å². The monoisotopic (exact) mass is 450 g/mol. The summed E-state index contributed by atoms with van der Waals surface area (Å²) in [7, 11) is 0. The Morgan fingerprint density at radius 3 is 2.36 bits per heavy atom. The number of anilines is 2. The molecule has 0 aromatic heterocycles. The summed E-state index contributed by atoms with van der Waals surface area (Å²) in [5.41, 5.74) is 3.35. The van der Waals surface area contributed by atoms with E-state index in [1.807, 2.05) is 20.8 Å². The number of piperazine rings is 1. The van der Waals surface area contributed by atoms with Crippen molar-refractivity contribution in [3.8, 4) is 0 Å². The van der Waals surface area contributed by atoms with Crippen molar-refractivity contribution in [3.05, 3.63) is 59.7 Å². The summed E-state index contributed by atoms with van der Waals surface area (Å²) in [6.45, 7) is 13.7. The smallest absolute Gasteiger partial charge is 0.251 e. The second-order valence-electron chi connectivity index (χ2n) is 9.92. The van der Waals surface area contributed by atoms with Gasteiger partial charge in [0.1, 0.15) is 0 Å². The molecule has 1 saturated heterocycles. The highest BCUT2D eigenvalue weighted by Gasteiger charge is 2.21. The van der Waals surface area contributed by atoms with Crippen molar-refractivity contribution in [3.63, 3.8) is 0 Å². The number of hydrogen-bond acceptors (Lipinski definition) is 4. The van der Waals surface area contributed by atoms with E-state index in [0.29, 0.717) is 17.8 Å². The van der Waals surface area contributed by atoms with Crippen LogP contribution in [-0.4, -0.2) is 56.0 Å². The number of unbranched alkanes of at least 4 members (excludes halogenated alkanes) is 1. The first-order valence-corrected chi connectivity index (χ1v) is 12.0. The van der Waals surface area contributed by atoms with Gasteiger partial charge in [0.25, 0.3) is 5.91 Å². The summed E-state index contributed by atoms with van der Waals surface area (Å²) in [5, 5.41) is 5.88. The number of nitrogens with one attached hydrogen (secondary N) is 2. The first kappa shape index (κ1) is 24.8. The van der Waals surface area contributed by atoms with Crippen molar-refractivity contribution < 1.29 is 9.59 Å². The van der Waals surface area contributed by atoms with Crippen LogP contribution in [0.5, 0.6) is 0 Å². The molecule has 6 heteroatoms. The zero-order chi connectivity index (χ0) is 23.8. The lowest BCUT2D eigenvalue weighted by Gasteiger charge is -2.36. The number of rotatable bonds is 8. The molecule has 0 atom stereocenters. The third kappa shape index (κ3) is 7.60. The molecule has 2 N–H and O–H groups in total. The zero-order valence-electron chi connectivity index (χ0n) is 20.5. The Kier molecular flexibility index (Phi) is 8.50. The molecule has 33 heavy (non-hydrogen) atoms. The third-order valence-corrected chi connectivity index (χ3v) is 5.99. The molecule has 0 saturated carbocycles. The van der Waals surface area contributed by atoms with Gasteiger partial charge in [0, 0.05) is 55.1 Å². The van der Waals surface area contributed by atoms with Gasteiger partial charge in [-0.3, -0.25) is 14.5 Å². The predicted octanol–water partition coefficient (Wildman–Crippen LogP) is 4.31. The summed E-state index contributed by atoms with van der Waals surface area (Å²) in [6, 6.07) is 15.8. The van der Waals surface area contributed by atoms with Gasteiger partial charge in [-0.2, -0.15) is 0 Å². The van der Waals surface area contributed by atoms with E-state index < -0.39 is 5.41 Å². The van der Waals surface area contributed by atoms with Crippen molar-refractivity contribution in [1.82, 2.24) is 10.2 Å². The number of carbonyl (C=O) groups excluding carboxylic acids is 2. The molecule has 1 fully saturated rings. The average molecular weight is 451 g/mol. The molecule has 3 rings (SSSR count). The van der Waals surface area contributed by atoms with E-state index >= 15 is 0 Å². The van der Waals surface area contributed by atoms with Gasteiger partial charge in [0.15, 0.2) is 0 Å². The molecule has 2 aromatic carbocycles. The first-order chi connectivity index (χ1) is 15.7. The molecule has 0 radical (unpaired) electrons. The van der Waals surface area contributed by atoms with Crippen LogP contribution >= 0.6 is 0 Å². The fraction of sp³-hybridized carbons (Fsp3) is 0.481. The lowest BCUT2D eigenvalue weighted by molar-refractivity contribution is -0.123. The molecule has 6 nitrogen and oxygen atoms in total. The average Bonchev–Trinajstić information content (AvgIpc) is 2.78. The van der Waals surface area contributed by atoms with Crippen LogP contribution in [0.15, 0.2) is 48.5 Å². The number of carbonyl (C=O) groups is 2. The fourth-order valence-corrected chi connectivity index (χ4v) is 3.88. The summed E-state index contributed by atoms with van der Waals surface area (Å²) in [6.07, 6.45) is 2.01. The lowest BCUT2D eigenvalue weighted by Crippen LogP contribution is -2.46. The number of benzene rings is 2. The first-order valence-electron chi connectivity index (χ1n) is 12.0. The minimum Gasteiger partial charge on any atom is -0.369 e. The third-order valence-electron chi connectivity index (χ3n) is 5.99. The minimum absolute atomic E-state index is 0.0697. The van der Waals surface area contributed by atoms with E-state index in [1.54, 1.807) is 24.3 Å². The Bertz CT molecular complexity index is 943. The molecule has 0 spiro atoms. The normalized spacial score (nSPS) is 14.7. The molecule has 0 unspecified atom stereocenters. The molecule has 0 bridgehead atoms. The quantitative estimate of drug-likeness (QED) is 0.588. The SMILES string of the molecule is Cc1cccc(N2CCN(CCCCNC(=O)c3cccc(NC(=O)C(C)(C)C)c3)CC2)c1. The van der Waals surface area contributed by atoms with Gasteiger partial charge in [0.2, 0.25) is 5.91 Å². The van der Waals surface area contributed by atoms with Gasteiger partial charge in [-0.25, -0.2) is 0 Å². The topological polar surface area (TPSA) is 64.7 Å². The molecule has 2 amide bonds. The standard InChI is InChI=1S/C27H38N4O2/c1-21-9-7-12-24(19-21)31-17-15-30(16-18-31)14-6-5-13-28-25(32)22-10-8-11-23(20-22)29-26(33)27(2,3)4/h7-12,19-20H,5-6,13-18H2,1-4H3,(H,28,32)(H,29,33). The Balaban J connectivity index is 1.34. The second kappa shape index (κ2) is 11.3. The van der Waals surface area contributed by atoms with E-state index in [9.17, 15) is 9.59 Å². The Morgan fingerprint density at radius 1 is 0.939 bits per heavy atom. The highest BCUT2D eigenvalue weighted by Crippen LogP contribution is 2.19. The van der Waals surface area contributed by atoms with Crippen LogP contribution in [0.3, 0.4) is 0 Å². The van der Waals surface area contributed by atoms with Gasteiger partial charge in [-0.05, 0) is 62.2 Å². The van der Waals surface area contributed by atoms with Crippen molar-refractivity contribution in [2.75, 3.05) is 49.5 Å². The Hall–Kier alpha value is -2.86. The second-order valence-corrected chi connectivity index (χ2v) is 9.92. The van der Waals surface area contributed by atoms with Crippen molar-refractivity contribution in [2.24, 2.45) is 5.41 Å². The van der Waals surface area contributed by atoms with E-state index in [0.717, 1.165) is 45.6 Å². The molecule has 0 aliphatic carbocycles. The molecule has 1 aliphatic heterocycles. The predicted molar refractivity (Wildman–Crippen MR) is 136 cm³/mol. The van der Waals surface area contributed by atoms with E-state index in [4.69, 9.17) is 0 Å². The van der Waals surface area contributed by atoms with Crippen molar-refractivity contribution in [2.45, 2.75) is 40.5 Å². The largest absolute Gasteiger partial charge is 0.369 e. The molecule has 1 heterocycles. The molecule has 2 aromatic rings. The van der Waals surface area contributed by atoms with Crippen LogP contribution < -0.4 is 15.5 Å². The van der Waals surface area contributed by atoms with Crippen LogP contribution in [0.4, 0.5) is 11.4 Å². The van der Waals surface area contributed by atoms with E-state index in [-0.39, 0.29) is 11.8 Å². The minimum atomic E-state index is -0.481. The number of amides is 2. The van der Waals surface area contributed by atoms with Crippen molar-refractivity contribution in [1.29, 1.82) is 0 Å². The molecule has 1 aliphatic rings. The van der Waals surface area contributed by atoms with Gasteiger partial charge in [0.05, 0.1) is 0 Å². The zero-order valence-corrected chi connectivity index (χ0v) is 20.5. The Labute approximate surface area is 198 Å². The van der Waals surface area contributed by atoms with Crippen LogP contribution in [0.1, 0.15) is 49.5 Å².